The average Bonchev–Trinajstić information content (AvgIpc) is 3.03. The van der Waals surface area contributed by atoms with Gasteiger partial charge in [0.15, 0.2) is 0 Å². The lowest BCUT2D eigenvalue weighted by Gasteiger charge is -2.10. The second kappa shape index (κ2) is 4.39. The van der Waals surface area contributed by atoms with E-state index in [4.69, 9.17) is 0 Å². The Bertz CT molecular complexity index is 590. The number of halogens is 2. The number of nitrogens with zero attached hydrogens (tertiary/aromatic N) is 2. The molecule has 0 saturated heterocycles. The highest BCUT2D eigenvalue weighted by Crippen LogP contribution is 2.29. The molecule has 3 nitrogen and oxygen atoms in total. The number of aryl methyl sites for hydroxylation is 1. The van der Waals surface area contributed by atoms with Gasteiger partial charge < -0.3 is 5.32 Å². The van der Waals surface area contributed by atoms with Crippen LogP contribution < -0.4 is 5.32 Å². The molecule has 18 heavy (non-hydrogen) atoms. The van der Waals surface area contributed by atoms with Crippen molar-refractivity contribution in [3.63, 3.8) is 0 Å². The molecule has 1 aliphatic carbocycles. The standard InChI is InChI=1S/C13H13BrFN3/c1-8-7-18(13(16-8)17-10-3-4-10)12-5-2-9(15)6-11(12)14/h2,5-7,10H,3-4H2,1H3,(H,16,17). The quantitative estimate of drug-likeness (QED) is 0.937. The number of aromatic nitrogens is 2. The van der Waals surface area contributed by atoms with Crippen LogP contribution in [0.4, 0.5) is 10.3 Å². The first kappa shape index (κ1) is 11.7. The van der Waals surface area contributed by atoms with Crippen molar-refractivity contribution >= 4 is 21.9 Å². The largest absolute Gasteiger partial charge is 0.353 e. The Hall–Kier alpha value is -1.36. The third-order valence-electron chi connectivity index (χ3n) is 2.91. The van der Waals surface area contributed by atoms with Crippen molar-refractivity contribution in [2.24, 2.45) is 0 Å². The smallest absolute Gasteiger partial charge is 0.207 e. The van der Waals surface area contributed by atoms with Crippen molar-refractivity contribution in [3.05, 3.63) is 40.4 Å². The van der Waals surface area contributed by atoms with Gasteiger partial charge in [-0.1, -0.05) is 0 Å². The van der Waals surface area contributed by atoms with Crippen LogP contribution in [0.25, 0.3) is 5.69 Å². The van der Waals surface area contributed by atoms with Crippen LogP contribution in [0.5, 0.6) is 0 Å². The summed E-state index contributed by atoms with van der Waals surface area (Å²) in [6.07, 6.45) is 4.33. The van der Waals surface area contributed by atoms with Gasteiger partial charge in [0.2, 0.25) is 5.95 Å². The summed E-state index contributed by atoms with van der Waals surface area (Å²) in [6.45, 7) is 1.95. The van der Waals surface area contributed by atoms with Crippen LogP contribution >= 0.6 is 15.9 Å². The summed E-state index contributed by atoms with van der Waals surface area (Å²) in [7, 11) is 0. The fraction of sp³-hybridized carbons (Fsp3) is 0.308. The second-order valence-electron chi connectivity index (χ2n) is 4.59. The van der Waals surface area contributed by atoms with Crippen LogP contribution in [0.2, 0.25) is 0 Å². The van der Waals surface area contributed by atoms with Gasteiger partial charge in [-0.2, -0.15) is 0 Å². The minimum absolute atomic E-state index is 0.251. The molecule has 1 aromatic carbocycles. The Labute approximate surface area is 113 Å². The first-order valence-electron chi connectivity index (χ1n) is 5.91. The van der Waals surface area contributed by atoms with Gasteiger partial charge in [-0.3, -0.25) is 4.57 Å². The molecule has 94 valence electrons. The maximum atomic E-state index is 13.1. The van der Waals surface area contributed by atoms with Gasteiger partial charge in [0.1, 0.15) is 5.82 Å². The third-order valence-corrected chi connectivity index (χ3v) is 3.54. The highest BCUT2D eigenvalue weighted by atomic mass is 79.9. The van der Waals surface area contributed by atoms with Crippen LogP contribution in [-0.2, 0) is 0 Å². The van der Waals surface area contributed by atoms with Crippen molar-refractivity contribution in [2.75, 3.05) is 5.32 Å². The van der Waals surface area contributed by atoms with Crippen molar-refractivity contribution in [1.82, 2.24) is 9.55 Å². The van der Waals surface area contributed by atoms with Gasteiger partial charge in [0, 0.05) is 16.7 Å². The molecular weight excluding hydrogens is 297 g/mol. The van der Waals surface area contributed by atoms with Gasteiger partial charge in [0.05, 0.1) is 11.4 Å². The summed E-state index contributed by atoms with van der Waals surface area (Å²) in [5, 5.41) is 3.38. The first-order chi connectivity index (χ1) is 8.63. The van der Waals surface area contributed by atoms with Crippen molar-refractivity contribution < 1.29 is 4.39 Å². The molecule has 1 fully saturated rings. The molecule has 0 unspecified atom stereocenters. The van der Waals surface area contributed by atoms with E-state index >= 15 is 0 Å². The Morgan fingerprint density at radius 3 is 2.89 bits per heavy atom. The molecule has 0 bridgehead atoms. The van der Waals surface area contributed by atoms with E-state index in [1.165, 1.54) is 25.0 Å². The molecule has 0 spiro atoms. The maximum Gasteiger partial charge on any atom is 0.207 e. The first-order valence-corrected chi connectivity index (χ1v) is 6.71. The van der Waals surface area contributed by atoms with E-state index in [-0.39, 0.29) is 5.82 Å². The number of anilines is 1. The summed E-state index contributed by atoms with van der Waals surface area (Å²) in [4.78, 5) is 4.47. The summed E-state index contributed by atoms with van der Waals surface area (Å²) in [6, 6.07) is 5.20. The number of rotatable bonds is 3. The molecule has 5 heteroatoms. The topological polar surface area (TPSA) is 29.9 Å². The molecule has 0 aliphatic heterocycles. The number of benzene rings is 1. The van der Waals surface area contributed by atoms with E-state index in [0.717, 1.165) is 21.8 Å². The van der Waals surface area contributed by atoms with Gasteiger partial charge in [-0.05, 0) is 53.9 Å². The van der Waals surface area contributed by atoms with Crippen LogP contribution in [0.15, 0.2) is 28.9 Å². The summed E-state index contributed by atoms with van der Waals surface area (Å²) < 4.78 is 15.8. The normalized spacial score (nSPS) is 14.8. The number of hydrogen-bond donors (Lipinski definition) is 1. The van der Waals surface area contributed by atoms with Crippen molar-refractivity contribution in [3.8, 4) is 5.69 Å². The average molecular weight is 310 g/mol. The molecule has 0 radical (unpaired) electrons. The molecular formula is C13H13BrFN3. The fourth-order valence-electron chi connectivity index (χ4n) is 1.87. The number of hydrogen-bond acceptors (Lipinski definition) is 2. The molecule has 1 aliphatic rings. The predicted octanol–water partition coefficient (Wildman–Crippen LogP) is 3.66. The lowest BCUT2D eigenvalue weighted by atomic mass is 10.3. The third kappa shape index (κ3) is 2.27. The Kier molecular flexibility index (Phi) is 2.86. The predicted molar refractivity (Wildman–Crippen MR) is 72.6 cm³/mol. The fourth-order valence-corrected chi connectivity index (χ4v) is 2.41. The molecule has 1 heterocycles. The van der Waals surface area contributed by atoms with Crippen LogP contribution in [0.3, 0.4) is 0 Å². The van der Waals surface area contributed by atoms with Crippen LogP contribution in [0, 0.1) is 12.7 Å². The molecule has 3 rings (SSSR count). The highest BCUT2D eigenvalue weighted by Gasteiger charge is 2.23. The second-order valence-corrected chi connectivity index (χ2v) is 5.44. The molecule has 1 saturated carbocycles. The minimum Gasteiger partial charge on any atom is -0.353 e. The van der Waals surface area contributed by atoms with Crippen LogP contribution in [0.1, 0.15) is 18.5 Å². The van der Waals surface area contributed by atoms with E-state index in [2.05, 4.69) is 26.2 Å². The lowest BCUT2D eigenvalue weighted by molar-refractivity contribution is 0.626. The van der Waals surface area contributed by atoms with E-state index in [1.54, 1.807) is 6.07 Å². The Morgan fingerprint density at radius 1 is 1.44 bits per heavy atom. The maximum absolute atomic E-state index is 13.1. The molecule has 0 atom stereocenters. The number of imidazole rings is 1. The summed E-state index contributed by atoms with van der Waals surface area (Å²) >= 11 is 3.39. The van der Waals surface area contributed by atoms with Crippen LogP contribution in [-0.4, -0.2) is 15.6 Å². The molecule has 2 aromatic rings. The van der Waals surface area contributed by atoms with E-state index in [9.17, 15) is 4.39 Å². The zero-order valence-electron chi connectivity index (χ0n) is 9.95. The molecule has 1 aromatic heterocycles. The van der Waals surface area contributed by atoms with Crippen molar-refractivity contribution in [2.45, 2.75) is 25.8 Å². The van der Waals surface area contributed by atoms with Gasteiger partial charge in [-0.25, -0.2) is 9.37 Å². The highest BCUT2D eigenvalue weighted by molar-refractivity contribution is 9.10. The van der Waals surface area contributed by atoms with Crippen molar-refractivity contribution in [1.29, 1.82) is 0 Å². The number of nitrogens with one attached hydrogen (secondary N) is 1. The van der Waals surface area contributed by atoms with Gasteiger partial charge in [0.25, 0.3) is 0 Å². The van der Waals surface area contributed by atoms with E-state index in [1.807, 2.05) is 17.7 Å². The van der Waals surface area contributed by atoms with E-state index in [0.29, 0.717) is 6.04 Å². The summed E-state index contributed by atoms with van der Waals surface area (Å²) in [5.41, 5.74) is 1.83. The van der Waals surface area contributed by atoms with Gasteiger partial charge >= 0.3 is 0 Å². The SMILES string of the molecule is Cc1cn(-c2ccc(F)cc2Br)c(NC2CC2)n1. The lowest BCUT2D eigenvalue weighted by Crippen LogP contribution is -2.08. The molecule has 0 amide bonds. The molecule has 1 N–H and O–H groups in total. The van der Waals surface area contributed by atoms with E-state index < -0.39 is 0 Å². The zero-order chi connectivity index (χ0) is 12.7. The monoisotopic (exact) mass is 309 g/mol. The Morgan fingerprint density at radius 2 is 2.22 bits per heavy atom. The zero-order valence-corrected chi connectivity index (χ0v) is 11.5. The van der Waals surface area contributed by atoms with Gasteiger partial charge in [-0.15, -0.1) is 0 Å². The minimum atomic E-state index is -0.251. The Balaban J connectivity index is 2.03. The summed E-state index contributed by atoms with van der Waals surface area (Å²) in [5.74, 6) is 0.571.